The number of aromatic amines is 1. The molecule has 0 radical (unpaired) electrons. The summed E-state index contributed by atoms with van der Waals surface area (Å²) in [6, 6.07) is 10.0. The molecule has 3 atom stereocenters. The van der Waals surface area contributed by atoms with Crippen molar-refractivity contribution in [2.45, 2.75) is 92.8 Å². The highest BCUT2D eigenvalue weighted by molar-refractivity contribution is 7.99. The normalized spacial score (nSPS) is 19.2. The van der Waals surface area contributed by atoms with E-state index in [1.54, 1.807) is 31.5 Å². The monoisotopic (exact) mass is 786 g/mol. The molecule has 4 aromatic rings. The van der Waals surface area contributed by atoms with Gasteiger partial charge in [-0.3, -0.25) is 14.4 Å². The van der Waals surface area contributed by atoms with Crippen molar-refractivity contribution >= 4 is 52.0 Å². The molecular formula is C38H46ClF3N8O3S. The number of carbonyl (C=O) groups excluding carboxylic acids is 3. The number of alkyl halides is 3. The van der Waals surface area contributed by atoms with Gasteiger partial charge in [0.25, 0.3) is 0 Å². The molecule has 0 unspecified atom stereocenters. The molecule has 1 aliphatic rings. The second kappa shape index (κ2) is 18.9. The number of carbonyl (C=O) groups is 3. The second-order valence-corrected chi connectivity index (χ2v) is 14.6. The van der Waals surface area contributed by atoms with Gasteiger partial charge < -0.3 is 37.3 Å². The molecule has 5 rings (SSSR count). The van der Waals surface area contributed by atoms with Crippen LogP contribution >= 0.6 is 23.4 Å². The Hall–Kier alpha value is -4.15. The maximum absolute atomic E-state index is 14.6. The number of nitrogens with one attached hydrogen (secondary N) is 4. The standard InChI is InChI=1S/C38H46ClF3N8O3S/c1-2-50-32(18-24-21-46-29-11-4-3-10-27(24)29)35(52)48-22-25-17-26(38(40,41)42)19-28(39)33(25)54-36-23(9-8-16-45-36)20-47-30(13-7-15-44)34(51)49-31(37(50)53)12-5-6-14-43/h3-4,8-11,16-17,19,21,30-32,46-47H,2,5-7,12-15,18,20,22,43-44H2,1H3,(H,48,52)(H,49,51)/t30-,31-,32-/m0/s1. The number of rotatable bonds is 10. The van der Waals surface area contributed by atoms with Gasteiger partial charge in [0.1, 0.15) is 17.1 Å². The first kappa shape index (κ1) is 41.0. The fourth-order valence-electron chi connectivity index (χ4n) is 6.59. The van der Waals surface area contributed by atoms with Crippen LogP contribution in [0.4, 0.5) is 13.2 Å². The molecule has 11 nitrogen and oxygen atoms in total. The molecule has 0 saturated carbocycles. The highest BCUT2D eigenvalue weighted by Gasteiger charge is 2.36. The van der Waals surface area contributed by atoms with Crippen molar-refractivity contribution in [3.63, 3.8) is 0 Å². The van der Waals surface area contributed by atoms with Crippen molar-refractivity contribution in [3.05, 3.63) is 88.2 Å². The number of nitrogens with zero attached hydrogens (tertiary/aromatic N) is 2. The van der Waals surface area contributed by atoms with Gasteiger partial charge in [0, 0.05) is 54.2 Å². The molecule has 0 aliphatic carbocycles. The summed E-state index contributed by atoms with van der Waals surface area (Å²) < 4.78 is 42.3. The van der Waals surface area contributed by atoms with Crippen LogP contribution in [0.5, 0.6) is 0 Å². The minimum Gasteiger partial charge on any atom is -0.361 e. The van der Waals surface area contributed by atoms with Crippen LogP contribution in [0.2, 0.25) is 5.02 Å². The number of halogens is 4. The number of hydrogen-bond donors (Lipinski definition) is 6. The molecule has 0 spiro atoms. The van der Waals surface area contributed by atoms with Gasteiger partial charge in [0.05, 0.1) is 16.6 Å². The molecule has 54 heavy (non-hydrogen) atoms. The Balaban J connectivity index is 1.63. The van der Waals surface area contributed by atoms with Crippen molar-refractivity contribution in [1.82, 2.24) is 30.8 Å². The van der Waals surface area contributed by atoms with E-state index in [1.165, 1.54) is 4.90 Å². The second-order valence-electron chi connectivity index (χ2n) is 13.1. The highest BCUT2D eigenvalue weighted by Crippen LogP contribution is 2.41. The number of aromatic nitrogens is 2. The number of likely N-dealkylation sites (N-methyl/N-ethyl adjacent to an activating group) is 1. The molecule has 0 bridgehead atoms. The Bertz CT molecular complexity index is 1930. The molecule has 3 heterocycles. The van der Waals surface area contributed by atoms with Gasteiger partial charge >= 0.3 is 6.18 Å². The molecule has 0 saturated heterocycles. The number of nitrogens with two attached hydrogens (primary N) is 2. The van der Waals surface area contributed by atoms with Crippen LogP contribution in [-0.2, 0) is 40.1 Å². The molecule has 16 heteroatoms. The fraction of sp³-hybridized carbons (Fsp3) is 0.421. The van der Waals surface area contributed by atoms with Gasteiger partial charge in [-0.2, -0.15) is 13.2 Å². The summed E-state index contributed by atoms with van der Waals surface area (Å²) in [5, 5.41) is 10.2. The average Bonchev–Trinajstić information content (AvgIpc) is 3.56. The quantitative estimate of drug-likeness (QED) is 0.118. The number of pyridine rings is 1. The van der Waals surface area contributed by atoms with Crippen LogP contribution < -0.4 is 27.4 Å². The lowest BCUT2D eigenvalue weighted by atomic mass is 10.00. The summed E-state index contributed by atoms with van der Waals surface area (Å²) in [5.41, 5.74) is 13.0. The number of hydrogen-bond acceptors (Lipinski definition) is 8. The van der Waals surface area contributed by atoms with Gasteiger partial charge in [0.2, 0.25) is 17.7 Å². The van der Waals surface area contributed by atoms with Crippen molar-refractivity contribution in [1.29, 1.82) is 0 Å². The first-order chi connectivity index (χ1) is 25.9. The van der Waals surface area contributed by atoms with Crippen LogP contribution in [0, 0.1) is 0 Å². The number of amides is 3. The van der Waals surface area contributed by atoms with E-state index in [0.717, 1.165) is 40.4 Å². The minimum atomic E-state index is -4.71. The van der Waals surface area contributed by atoms with E-state index in [-0.39, 0.29) is 48.0 Å². The van der Waals surface area contributed by atoms with Gasteiger partial charge in [-0.05, 0) is 93.1 Å². The molecule has 0 fully saturated rings. The lowest BCUT2D eigenvalue weighted by Gasteiger charge is -2.34. The molecular weight excluding hydrogens is 741 g/mol. The Kier molecular flexibility index (Phi) is 14.4. The number of H-pyrrole nitrogens is 1. The Morgan fingerprint density at radius 2 is 1.70 bits per heavy atom. The zero-order chi connectivity index (χ0) is 38.8. The SMILES string of the molecule is CCN1C(=O)[C@H](CCCCN)NC(=O)[C@H](CCCN)NCc2cccnc2Sc2c(Cl)cc(C(F)(F)F)cc2CNC(=O)[C@@H]1Cc1c[nH]c2ccccc12. The predicted molar refractivity (Wildman–Crippen MR) is 204 cm³/mol. The van der Waals surface area contributed by atoms with Crippen molar-refractivity contribution in [2.75, 3.05) is 19.6 Å². The smallest absolute Gasteiger partial charge is 0.361 e. The maximum Gasteiger partial charge on any atom is 0.416 e. The van der Waals surface area contributed by atoms with E-state index in [2.05, 4.69) is 25.9 Å². The van der Waals surface area contributed by atoms with E-state index in [0.29, 0.717) is 49.4 Å². The van der Waals surface area contributed by atoms with E-state index >= 15 is 0 Å². The first-order valence-corrected chi connectivity index (χ1v) is 19.2. The topological polar surface area (TPSA) is 171 Å². The van der Waals surface area contributed by atoms with Crippen molar-refractivity contribution in [2.24, 2.45) is 11.5 Å². The van der Waals surface area contributed by atoms with Crippen LogP contribution in [0.3, 0.4) is 0 Å². The van der Waals surface area contributed by atoms with Crippen LogP contribution in [-0.4, -0.2) is 70.3 Å². The van der Waals surface area contributed by atoms with Gasteiger partial charge in [-0.1, -0.05) is 47.6 Å². The molecule has 2 aromatic carbocycles. The largest absolute Gasteiger partial charge is 0.416 e. The summed E-state index contributed by atoms with van der Waals surface area (Å²) in [6.07, 6.45) is 1.03. The lowest BCUT2D eigenvalue weighted by Crippen LogP contribution is -2.58. The number of benzene rings is 2. The third-order valence-electron chi connectivity index (χ3n) is 9.45. The Morgan fingerprint density at radius 3 is 2.44 bits per heavy atom. The maximum atomic E-state index is 14.6. The number of fused-ring (bicyclic) bond motifs is 3. The summed E-state index contributed by atoms with van der Waals surface area (Å²) >= 11 is 7.65. The Morgan fingerprint density at radius 1 is 0.944 bits per heavy atom. The molecule has 3 amide bonds. The summed E-state index contributed by atoms with van der Waals surface area (Å²) in [5.74, 6) is -1.45. The fourth-order valence-corrected chi connectivity index (χ4v) is 7.95. The van der Waals surface area contributed by atoms with Crippen LogP contribution in [0.15, 0.2) is 70.8 Å². The number of unbranched alkanes of at least 4 members (excludes halogenated alkanes) is 1. The minimum absolute atomic E-state index is 0.0851. The van der Waals surface area contributed by atoms with Crippen molar-refractivity contribution in [3.8, 4) is 0 Å². The van der Waals surface area contributed by atoms with E-state index < -0.39 is 47.6 Å². The molecule has 2 aromatic heterocycles. The van der Waals surface area contributed by atoms with Gasteiger partial charge in [-0.25, -0.2) is 4.98 Å². The third kappa shape index (κ3) is 10.1. The van der Waals surface area contributed by atoms with Crippen molar-refractivity contribution < 1.29 is 27.6 Å². The first-order valence-electron chi connectivity index (χ1n) is 18.0. The lowest BCUT2D eigenvalue weighted by molar-refractivity contribution is -0.143. The zero-order valence-electron chi connectivity index (χ0n) is 30.0. The molecule has 1 aliphatic heterocycles. The van der Waals surface area contributed by atoms with Gasteiger partial charge in [0.15, 0.2) is 0 Å². The molecule has 290 valence electrons. The Labute approximate surface area is 321 Å². The van der Waals surface area contributed by atoms with E-state index in [9.17, 15) is 27.6 Å². The predicted octanol–water partition coefficient (Wildman–Crippen LogP) is 5.29. The summed E-state index contributed by atoms with van der Waals surface area (Å²) in [6.45, 7) is 2.43. The summed E-state index contributed by atoms with van der Waals surface area (Å²) in [7, 11) is 0. The summed E-state index contributed by atoms with van der Waals surface area (Å²) in [4.78, 5) is 52.4. The third-order valence-corrected chi connectivity index (χ3v) is 11.1. The highest BCUT2D eigenvalue weighted by atomic mass is 35.5. The molecule has 8 N–H and O–H groups in total. The van der Waals surface area contributed by atoms with Crippen LogP contribution in [0.25, 0.3) is 10.9 Å². The van der Waals surface area contributed by atoms with Crippen LogP contribution in [0.1, 0.15) is 61.3 Å². The average molecular weight is 787 g/mol. The zero-order valence-corrected chi connectivity index (χ0v) is 31.6. The van der Waals surface area contributed by atoms with Gasteiger partial charge in [-0.15, -0.1) is 0 Å². The number of para-hydroxylation sites is 1. The van der Waals surface area contributed by atoms with E-state index in [4.69, 9.17) is 23.1 Å². The van der Waals surface area contributed by atoms with E-state index in [1.807, 2.05) is 24.3 Å².